The van der Waals surface area contributed by atoms with E-state index < -0.39 is 15.9 Å². The molecule has 5 aliphatic rings. The molecule has 0 spiro atoms. The third-order valence-electron chi connectivity index (χ3n) is 11.5. The average molecular weight is 693 g/mol. The molecule has 0 atom stereocenters. The van der Waals surface area contributed by atoms with E-state index in [1.165, 1.54) is 19.3 Å². The van der Waals surface area contributed by atoms with Crippen molar-refractivity contribution in [2.45, 2.75) is 45.4 Å². The number of hydrogen-bond donors (Lipinski definition) is 1. The molecule has 260 valence electrons. The average Bonchev–Trinajstić information content (AvgIpc) is 3.10. The topological polar surface area (TPSA) is 109 Å². The second-order valence-electron chi connectivity index (χ2n) is 15.0. The van der Waals surface area contributed by atoms with Gasteiger partial charge in [0.05, 0.1) is 18.6 Å². The summed E-state index contributed by atoms with van der Waals surface area (Å²) >= 11 is 0. The maximum Gasteiger partial charge on any atom is 0.264 e. The van der Waals surface area contributed by atoms with E-state index in [9.17, 15) is 18.0 Å². The highest BCUT2D eigenvalue weighted by Crippen LogP contribution is 2.60. The van der Waals surface area contributed by atoms with E-state index in [1.807, 2.05) is 72.6 Å². The van der Waals surface area contributed by atoms with Gasteiger partial charge in [-0.15, -0.1) is 0 Å². The maximum absolute atomic E-state index is 13.9. The molecule has 2 heterocycles. The van der Waals surface area contributed by atoms with Gasteiger partial charge in [-0.3, -0.25) is 14.6 Å². The van der Waals surface area contributed by atoms with Crippen molar-refractivity contribution in [1.29, 1.82) is 0 Å². The highest BCUT2D eigenvalue weighted by molar-refractivity contribution is 7.90. The Morgan fingerprint density at radius 1 is 0.860 bits per heavy atom. The van der Waals surface area contributed by atoms with Crippen molar-refractivity contribution >= 4 is 38.3 Å². The Balaban J connectivity index is 0.898. The van der Waals surface area contributed by atoms with Crippen molar-refractivity contribution in [3.63, 3.8) is 0 Å². The van der Waals surface area contributed by atoms with E-state index in [0.29, 0.717) is 67.4 Å². The monoisotopic (exact) mass is 692 g/mol. The first-order valence-corrected chi connectivity index (χ1v) is 19.6. The number of hydrogen-bond acceptors (Lipinski definition) is 7. The first-order chi connectivity index (χ1) is 24.2. The zero-order valence-electron chi connectivity index (χ0n) is 28.5. The second-order valence-corrected chi connectivity index (χ2v) is 16.7. The third-order valence-corrected chi connectivity index (χ3v) is 12.9. The Morgan fingerprint density at radius 3 is 2.18 bits per heavy atom. The van der Waals surface area contributed by atoms with Crippen LogP contribution in [0, 0.1) is 23.2 Å². The fourth-order valence-electron chi connectivity index (χ4n) is 9.82. The lowest BCUT2D eigenvalue weighted by atomic mass is 9.50. The first-order valence-electron chi connectivity index (χ1n) is 18.0. The number of fused-ring (bicyclic) bond motifs is 1. The smallest absolute Gasteiger partial charge is 0.264 e. The Labute approximate surface area is 294 Å². The Bertz CT molecular complexity index is 2000. The van der Waals surface area contributed by atoms with Crippen molar-refractivity contribution in [1.82, 2.24) is 14.6 Å². The SMILES string of the molecule is CCOc1cncc(-c2ccc(C(=O)N3CCN(c4ccc(C(=O)NS(=O)(=O)CC56CC7CC(CC(C7)C5)C6)cc4)CC3)c3ccccc23)c1. The van der Waals surface area contributed by atoms with Crippen LogP contribution < -0.4 is 14.4 Å². The summed E-state index contributed by atoms with van der Waals surface area (Å²) in [6.45, 7) is 4.90. The molecule has 4 aromatic rings. The third kappa shape index (κ3) is 6.45. The van der Waals surface area contributed by atoms with E-state index in [-0.39, 0.29) is 17.1 Å². The molecular weight excluding hydrogens is 649 g/mol. The van der Waals surface area contributed by atoms with Crippen LogP contribution in [0.25, 0.3) is 21.9 Å². The van der Waals surface area contributed by atoms with E-state index in [2.05, 4.69) is 14.6 Å². The lowest BCUT2D eigenvalue weighted by molar-refractivity contribution is -0.0391. The van der Waals surface area contributed by atoms with Crippen molar-refractivity contribution < 1.29 is 22.7 Å². The number of nitrogens with zero attached hydrogens (tertiary/aromatic N) is 3. The summed E-state index contributed by atoms with van der Waals surface area (Å²) in [6, 6.07) is 20.9. The number of carbonyl (C=O) groups excluding carboxylic acids is 2. The van der Waals surface area contributed by atoms with Gasteiger partial charge in [-0.25, -0.2) is 13.1 Å². The number of sulfonamides is 1. The largest absolute Gasteiger partial charge is 0.492 e. The fraction of sp³-hybridized carbons (Fsp3) is 0.425. The van der Waals surface area contributed by atoms with Crippen molar-refractivity contribution in [2.24, 2.45) is 23.2 Å². The van der Waals surface area contributed by atoms with Gasteiger partial charge in [0.1, 0.15) is 5.75 Å². The summed E-state index contributed by atoms with van der Waals surface area (Å²) in [7, 11) is -3.75. The number of anilines is 1. The first kappa shape index (κ1) is 32.7. The summed E-state index contributed by atoms with van der Waals surface area (Å²) in [5.41, 5.74) is 3.69. The summed E-state index contributed by atoms with van der Waals surface area (Å²) < 4.78 is 34.5. The molecular formula is C40H44N4O5S. The number of carbonyl (C=O) groups is 2. The van der Waals surface area contributed by atoms with Gasteiger partial charge in [0.15, 0.2) is 0 Å². The number of ether oxygens (including phenoxy) is 1. The highest BCUT2D eigenvalue weighted by atomic mass is 32.2. The van der Waals surface area contributed by atoms with Crippen LogP contribution in [0.2, 0.25) is 0 Å². The molecule has 0 radical (unpaired) electrons. The van der Waals surface area contributed by atoms with Crippen LogP contribution in [0.5, 0.6) is 5.75 Å². The molecule has 4 aliphatic carbocycles. The second kappa shape index (κ2) is 13.0. The van der Waals surface area contributed by atoms with E-state index in [0.717, 1.165) is 46.8 Å². The summed E-state index contributed by atoms with van der Waals surface area (Å²) in [5.74, 6) is 2.14. The van der Waals surface area contributed by atoms with Crippen LogP contribution in [-0.4, -0.2) is 68.7 Å². The van der Waals surface area contributed by atoms with Gasteiger partial charge in [-0.05, 0) is 121 Å². The molecule has 9 rings (SSSR count). The molecule has 4 bridgehead atoms. The number of rotatable bonds is 9. The van der Waals surface area contributed by atoms with E-state index in [4.69, 9.17) is 4.74 Å². The molecule has 3 aromatic carbocycles. The quantitative estimate of drug-likeness (QED) is 0.212. The minimum absolute atomic E-state index is 0.00429. The Kier molecular flexibility index (Phi) is 8.53. The molecule has 50 heavy (non-hydrogen) atoms. The predicted molar refractivity (Wildman–Crippen MR) is 195 cm³/mol. The molecule has 10 heteroatoms. The maximum atomic E-state index is 13.9. The molecule has 2 amide bonds. The summed E-state index contributed by atoms with van der Waals surface area (Å²) in [4.78, 5) is 35.4. The molecule has 1 aliphatic heterocycles. The van der Waals surface area contributed by atoms with E-state index >= 15 is 0 Å². The number of benzene rings is 3. The molecule has 5 fully saturated rings. The lowest BCUT2D eigenvalue weighted by Crippen LogP contribution is -2.51. The van der Waals surface area contributed by atoms with Gasteiger partial charge in [0, 0.05) is 54.8 Å². The van der Waals surface area contributed by atoms with Crippen LogP contribution >= 0.6 is 0 Å². The number of amides is 2. The number of pyridine rings is 1. The fourth-order valence-corrected chi connectivity index (χ4v) is 11.4. The van der Waals surface area contributed by atoms with E-state index in [1.54, 1.807) is 18.3 Å². The van der Waals surface area contributed by atoms with Crippen LogP contribution in [0.4, 0.5) is 5.69 Å². The van der Waals surface area contributed by atoms with Crippen molar-refractivity contribution in [3.05, 3.63) is 90.3 Å². The minimum Gasteiger partial charge on any atom is -0.492 e. The molecule has 1 aromatic heterocycles. The standard InChI is InChI=1S/C40H44N4O5S/c1-2-49-33-20-31(24-41-25-33)34-11-12-37(36-6-4-3-5-35(34)36)39(46)44-15-13-43(14-16-44)32-9-7-30(8-10-32)38(45)42-50(47,48)26-40-21-27-17-28(22-40)19-29(18-27)23-40/h3-12,20,24-25,27-29H,2,13-19,21-23,26H2,1H3,(H,42,45). The molecule has 4 saturated carbocycles. The number of aromatic nitrogens is 1. The van der Waals surface area contributed by atoms with Gasteiger partial charge in [0.25, 0.3) is 11.8 Å². The summed E-state index contributed by atoms with van der Waals surface area (Å²) in [6.07, 6.45) is 10.2. The van der Waals surface area contributed by atoms with Gasteiger partial charge in [0.2, 0.25) is 10.0 Å². The van der Waals surface area contributed by atoms with Gasteiger partial charge < -0.3 is 14.5 Å². The van der Waals surface area contributed by atoms with Gasteiger partial charge in [-0.1, -0.05) is 30.3 Å². The van der Waals surface area contributed by atoms with Gasteiger partial charge in [-0.2, -0.15) is 0 Å². The van der Waals surface area contributed by atoms with Crippen LogP contribution in [-0.2, 0) is 10.0 Å². The zero-order valence-corrected chi connectivity index (χ0v) is 29.3. The minimum atomic E-state index is -3.75. The number of piperazine rings is 1. The molecule has 0 unspecified atom stereocenters. The lowest BCUT2D eigenvalue weighted by Gasteiger charge is -2.56. The summed E-state index contributed by atoms with van der Waals surface area (Å²) in [5, 5.41) is 1.88. The number of nitrogens with one attached hydrogen (secondary N) is 1. The zero-order chi connectivity index (χ0) is 34.5. The van der Waals surface area contributed by atoms with Crippen molar-refractivity contribution in [3.8, 4) is 16.9 Å². The molecule has 1 N–H and O–H groups in total. The van der Waals surface area contributed by atoms with Crippen LogP contribution in [0.15, 0.2) is 79.1 Å². The Morgan fingerprint density at radius 2 is 1.52 bits per heavy atom. The normalized spacial score (nSPS) is 24.4. The van der Waals surface area contributed by atoms with Crippen molar-refractivity contribution in [2.75, 3.05) is 43.4 Å². The predicted octanol–water partition coefficient (Wildman–Crippen LogP) is 6.54. The Hall–Kier alpha value is -4.44. The van der Waals surface area contributed by atoms with Gasteiger partial charge >= 0.3 is 0 Å². The highest BCUT2D eigenvalue weighted by Gasteiger charge is 2.52. The molecule has 9 nitrogen and oxygen atoms in total. The van der Waals surface area contributed by atoms with Crippen LogP contribution in [0.1, 0.15) is 66.2 Å². The molecule has 1 saturated heterocycles. The van der Waals surface area contributed by atoms with Crippen LogP contribution in [0.3, 0.4) is 0 Å².